The van der Waals surface area contributed by atoms with Gasteiger partial charge in [-0.2, -0.15) is 0 Å². The number of likely N-dealkylation sites (tertiary alicyclic amines) is 1. The number of nitrogens with zero attached hydrogens (tertiary/aromatic N) is 4. The third-order valence-corrected chi connectivity index (χ3v) is 15.0. The van der Waals surface area contributed by atoms with Crippen LogP contribution in [0.2, 0.25) is 0 Å². The fourth-order valence-electron chi connectivity index (χ4n) is 10.4. The van der Waals surface area contributed by atoms with Gasteiger partial charge in [0.2, 0.25) is 0 Å². The van der Waals surface area contributed by atoms with Crippen molar-refractivity contribution in [2.24, 2.45) is 5.41 Å². The first-order valence-electron chi connectivity index (χ1n) is 21.9. The van der Waals surface area contributed by atoms with Crippen molar-refractivity contribution in [3.8, 4) is 17.2 Å². The fraction of sp³-hybridized carbons (Fsp3) is 0.404. The zero-order chi connectivity index (χ0) is 44.2. The van der Waals surface area contributed by atoms with Crippen LogP contribution in [0.5, 0.6) is 17.2 Å². The van der Waals surface area contributed by atoms with Crippen LogP contribution in [-0.2, 0) is 19.5 Å². The van der Waals surface area contributed by atoms with Crippen LogP contribution in [0.1, 0.15) is 73.0 Å². The highest BCUT2D eigenvalue weighted by atomic mass is 32.2. The van der Waals surface area contributed by atoms with E-state index >= 15 is 0 Å². The number of ether oxygens (including phenoxy) is 4. The number of benzene rings is 3. The lowest BCUT2D eigenvalue weighted by Crippen LogP contribution is -2.54. The van der Waals surface area contributed by atoms with Crippen LogP contribution in [0.25, 0.3) is 16.6 Å². The molecule has 1 aliphatic carbocycles. The summed E-state index contributed by atoms with van der Waals surface area (Å²) < 4.78 is 53.3. The Balaban J connectivity index is 0.862. The Morgan fingerprint density at radius 1 is 1.03 bits per heavy atom. The van der Waals surface area contributed by atoms with Crippen LogP contribution in [-0.4, -0.2) is 98.4 Å². The molecule has 1 spiro atoms. The minimum Gasteiger partial charge on any atom is -0.489 e. The summed E-state index contributed by atoms with van der Waals surface area (Å²) in [5.41, 5.74) is 4.98. The van der Waals surface area contributed by atoms with Gasteiger partial charge < -0.3 is 34.1 Å². The maximum Gasteiger partial charge on any atom is 0.297 e. The number of nitro benzene ring substituents is 1. The van der Waals surface area contributed by atoms with Crippen molar-refractivity contribution in [2.75, 3.05) is 56.3 Å². The van der Waals surface area contributed by atoms with Gasteiger partial charge in [0, 0.05) is 60.6 Å². The van der Waals surface area contributed by atoms with Crippen LogP contribution in [0, 0.1) is 15.5 Å². The van der Waals surface area contributed by atoms with Gasteiger partial charge in [-0.1, -0.05) is 36.4 Å². The number of pyridine rings is 1. The van der Waals surface area contributed by atoms with E-state index in [1.807, 2.05) is 6.07 Å². The minimum absolute atomic E-state index is 0.0152. The number of rotatable bonds is 11. The predicted molar refractivity (Wildman–Crippen MR) is 241 cm³/mol. The summed E-state index contributed by atoms with van der Waals surface area (Å²) in [7, 11) is -4.66. The van der Waals surface area contributed by atoms with Gasteiger partial charge in [0.25, 0.3) is 21.6 Å². The molecule has 2 aromatic heterocycles. The fourth-order valence-corrected chi connectivity index (χ4v) is 11.4. The Morgan fingerprint density at radius 3 is 2.64 bits per heavy atom. The van der Waals surface area contributed by atoms with Gasteiger partial charge in [-0.3, -0.25) is 19.8 Å². The molecule has 0 bridgehead atoms. The van der Waals surface area contributed by atoms with Crippen molar-refractivity contribution in [1.82, 2.24) is 19.6 Å². The lowest BCUT2D eigenvalue weighted by atomic mass is 9.59. The molecule has 64 heavy (non-hydrogen) atoms. The molecule has 3 saturated heterocycles. The highest BCUT2D eigenvalue weighted by Gasteiger charge is 2.50. The average Bonchev–Trinajstić information content (AvgIpc) is 3.98. The summed E-state index contributed by atoms with van der Waals surface area (Å²) in [6.07, 6.45) is 9.64. The molecule has 0 unspecified atom stereocenters. The van der Waals surface area contributed by atoms with Gasteiger partial charge in [0.15, 0.2) is 11.4 Å². The maximum absolute atomic E-state index is 14.0. The molecule has 3 atom stereocenters. The molecule has 4 aliphatic heterocycles. The molecule has 6 heterocycles. The van der Waals surface area contributed by atoms with Gasteiger partial charge in [0.05, 0.1) is 47.4 Å². The molecule has 1 amide bonds. The number of H-pyrrole nitrogens is 1. The Hall–Kier alpha value is -6.01. The summed E-state index contributed by atoms with van der Waals surface area (Å²) in [5, 5.41) is 16.2. The SMILES string of the molecule is C=C(C)c1ccccc1[C@@H]1CCCN1C1CC2(CCN(c3ccc(C(=O)NS(=O)(=O)c4cc5c(c([N+](=O)[O-])c4)N[C@H]([C@H]4COCCO4)CO5)c(Oc4cnc5[nH]ccc5c4)c3)CC2)C1. The number of nitrogens with one attached hydrogen (secondary N) is 3. The van der Waals surface area contributed by atoms with Crippen LogP contribution in [0.15, 0.2) is 90.6 Å². The van der Waals surface area contributed by atoms with E-state index in [-0.39, 0.29) is 41.4 Å². The zero-order valence-electron chi connectivity index (χ0n) is 35.6. The standard InChI is InChI=1S/C47H51N7O9S/c1-29(2)35-6-3-4-7-36(35)39-8-5-15-53(39)32-24-47(25-32)12-16-52(17-13-47)31-9-10-37(41(21-31)63-33-20-30-11-14-48-45(30)49-26-33)46(55)51-64(58,59)34-22-40(54(56)57)44-42(23-34)62-27-38(50-44)43-28-60-18-19-61-43/h3-4,6-7,9-11,14,20-23,26,32,38-39,43,50H,1,5,8,12-13,15-19,24-25,27-28H2,2H3,(H,48,49)(H,51,55)/t38-,39-,43+/m0/s1. The molecular formula is C47H51N7O9S. The van der Waals surface area contributed by atoms with Gasteiger partial charge in [-0.25, -0.2) is 18.1 Å². The number of allylic oxidation sites excluding steroid dienone is 1. The second-order valence-corrected chi connectivity index (χ2v) is 19.4. The normalized spacial score (nSPS) is 22.3. The Labute approximate surface area is 371 Å². The van der Waals surface area contributed by atoms with Gasteiger partial charge >= 0.3 is 0 Å². The third kappa shape index (κ3) is 8.05. The van der Waals surface area contributed by atoms with E-state index in [1.165, 1.54) is 36.6 Å². The molecule has 16 nitrogen and oxygen atoms in total. The number of aromatic amines is 1. The van der Waals surface area contributed by atoms with Crippen molar-refractivity contribution in [2.45, 2.75) is 74.6 Å². The smallest absolute Gasteiger partial charge is 0.297 e. The molecule has 3 N–H and O–H groups in total. The number of sulfonamides is 1. The van der Waals surface area contributed by atoms with Crippen molar-refractivity contribution in [3.63, 3.8) is 0 Å². The van der Waals surface area contributed by atoms with Crippen LogP contribution < -0.4 is 24.4 Å². The van der Waals surface area contributed by atoms with Crippen LogP contribution >= 0.6 is 0 Å². The Kier molecular flexibility index (Phi) is 11.0. The molecule has 4 fully saturated rings. The summed E-state index contributed by atoms with van der Waals surface area (Å²) in [4.78, 5) is 37.6. The second kappa shape index (κ2) is 16.8. The number of carbonyl (C=O) groups excluding carboxylic acids is 1. The molecule has 3 aromatic carbocycles. The molecule has 1 saturated carbocycles. The second-order valence-electron chi connectivity index (χ2n) is 17.7. The summed E-state index contributed by atoms with van der Waals surface area (Å²) in [5.74, 6) is -0.537. The van der Waals surface area contributed by atoms with E-state index in [9.17, 15) is 23.3 Å². The first kappa shape index (κ1) is 42.0. The van der Waals surface area contributed by atoms with E-state index in [2.05, 4.69) is 67.6 Å². The molecule has 5 aromatic rings. The number of fused-ring (bicyclic) bond motifs is 2. The minimum atomic E-state index is -4.66. The molecule has 5 aliphatic rings. The van der Waals surface area contributed by atoms with E-state index < -0.39 is 43.6 Å². The quantitative estimate of drug-likeness (QED) is 0.0870. The number of anilines is 2. The Bertz CT molecular complexity index is 2740. The van der Waals surface area contributed by atoms with E-state index in [1.54, 1.807) is 30.5 Å². The number of hydrogen-bond acceptors (Lipinski definition) is 13. The molecule has 334 valence electrons. The molecule has 17 heteroatoms. The van der Waals surface area contributed by atoms with Gasteiger partial charge in [0.1, 0.15) is 29.9 Å². The summed E-state index contributed by atoms with van der Waals surface area (Å²) in [6, 6.07) is 20.0. The molecule has 0 radical (unpaired) electrons. The highest BCUT2D eigenvalue weighted by molar-refractivity contribution is 7.90. The first-order valence-corrected chi connectivity index (χ1v) is 23.4. The van der Waals surface area contributed by atoms with E-state index in [0.717, 1.165) is 67.7 Å². The number of nitro groups is 1. The lowest BCUT2D eigenvalue weighted by Gasteiger charge is -2.56. The largest absolute Gasteiger partial charge is 0.489 e. The van der Waals surface area contributed by atoms with Gasteiger partial charge in [-0.15, -0.1) is 0 Å². The number of piperidine rings is 1. The lowest BCUT2D eigenvalue weighted by molar-refractivity contribution is -0.384. The third-order valence-electron chi connectivity index (χ3n) is 13.7. The molecule has 10 rings (SSSR count). The van der Waals surface area contributed by atoms with Crippen molar-refractivity contribution < 1.29 is 37.1 Å². The number of aromatic nitrogens is 2. The number of hydrogen-bond donors (Lipinski definition) is 3. The van der Waals surface area contributed by atoms with Crippen molar-refractivity contribution >= 4 is 49.6 Å². The maximum atomic E-state index is 14.0. The monoisotopic (exact) mass is 889 g/mol. The number of amides is 1. The van der Waals surface area contributed by atoms with E-state index in [4.69, 9.17) is 18.9 Å². The van der Waals surface area contributed by atoms with Crippen LogP contribution in [0.4, 0.5) is 17.1 Å². The predicted octanol–water partition coefficient (Wildman–Crippen LogP) is 7.59. The first-order chi connectivity index (χ1) is 30.9. The highest BCUT2D eigenvalue weighted by Crippen LogP contribution is 2.54. The van der Waals surface area contributed by atoms with Crippen molar-refractivity contribution in [1.29, 1.82) is 0 Å². The summed E-state index contributed by atoms with van der Waals surface area (Å²) >= 11 is 0. The van der Waals surface area contributed by atoms with E-state index in [0.29, 0.717) is 36.7 Å². The zero-order valence-corrected chi connectivity index (χ0v) is 36.4. The number of carbonyl (C=O) groups is 1. The van der Waals surface area contributed by atoms with Gasteiger partial charge in [-0.05, 0) is 92.8 Å². The average molecular weight is 890 g/mol. The topological polar surface area (TPSA) is 190 Å². The van der Waals surface area contributed by atoms with Crippen LogP contribution in [0.3, 0.4) is 0 Å². The van der Waals surface area contributed by atoms with Crippen molar-refractivity contribution in [3.05, 3.63) is 113 Å². The molecular weight excluding hydrogens is 839 g/mol. The summed E-state index contributed by atoms with van der Waals surface area (Å²) in [6.45, 7) is 10.2. The Morgan fingerprint density at radius 2 is 1.86 bits per heavy atom.